The fourth-order valence-corrected chi connectivity index (χ4v) is 1.74. The number of hydrogen-bond donors (Lipinski definition) is 2. The zero-order valence-corrected chi connectivity index (χ0v) is 11.3. The van der Waals surface area contributed by atoms with E-state index in [0.717, 1.165) is 0 Å². The van der Waals surface area contributed by atoms with Gasteiger partial charge in [0, 0.05) is 5.02 Å². The highest BCUT2D eigenvalue weighted by molar-refractivity contribution is 9.10. The maximum absolute atomic E-state index is 11.2. The molecule has 0 aliphatic carbocycles. The van der Waals surface area contributed by atoms with Crippen LogP contribution in [-0.2, 0) is 14.4 Å². The van der Waals surface area contributed by atoms with Crippen molar-refractivity contribution in [2.24, 2.45) is 0 Å². The summed E-state index contributed by atoms with van der Waals surface area (Å²) in [6, 6.07) is 4.83. The number of hydrogen-bond acceptors (Lipinski definition) is 4. The van der Waals surface area contributed by atoms with Crippen molar-refractivity contribution in [2.75, 3.05) is 13.2 Å². The van der Waals surface area contributed by atoms with Crippen molar-refractivity contribution in [1.29, 1.82) is 0 Å². The fourth-order valence-electron chi connectivity index (χ4n) is 0.943. The summed E-state index contributed by atoms with van der Waals surface area (Å²) >= 11 is 8.96. The average Bonchev–Trinajstić information content (AvgIpc) is 2.27. The second kappa shape index (κ2) is 7.20. The van der Waals surface area contributed by atoms with Crippen LogP contribution >= 0.6 is 27.5 Å². The Bertz CT molecular complexity index is 454. The van der Waals surface area contributed by atoms with Crippen LogP contribution in [0.1, 0.15) is 0 Å². The number of carboxylic acids is 1. The Kier molecular flexibility index (Phi) is 5.90. The SMILES string of the molecule is O=C(O)CONC(=O)COc1ccc(Cl)cc1Br. The molecule has 0 aliphatic rings. The highest BCUT2D eigenvalue weighted by Crippen LogP contribution is 2.27. The molecule has 0 saturated carbocycles. The minimum atomic E-state index is -1.18. The predicted octanol–water partition coefficient (Wildman–Crippen LogP) is 1.61. The summed E-state index contributed by atoms with van der Waals surface area (Å²) in [6.07, 6.45) is 0. The van der Waals surface area contributed by atoms with E-state index in [1.807, 2.05) is 5.48 Å². The zero-order valence-electron chi connectivity index (χ0n) is 8.98. The Hall–Kier alpha value is -1.31. The molecule has 0 fully saturated rings. The second-order valence-corrected chi connectivity index (χ2v) is 4.36. The molecule has 0 heterocycles. The van der Waals surface area contributed by atoms with Crippen LogP contribution in [0, 0.1) is 0 Å². The summed E-state index contributed by atoms with van der Waals surface area (Å²) < 4.78 is 5.77. The third kappa shape index (κ3) is 5.35. The van der Waals surface area contributed by atoms with E-state index >= 15 is 0 Å². The van der Waals surface area contributed by atoms with Gasteiger partial charge < -0.3 is 9.84 Å². The van der Waals surface area contributed by atoms with Gasteiger partial charge in [-0.2, -0.15) is 0 Å². The molecule has 0 bridgehead atoms. The summed E-state index contributed by atoms with van der Waals surface area (Å²) in [5.41, 5.74) is 1.93. The first-order valence-electron chi connectivity index (χ1n) is 4.69. The molecule has 0 aliphatic heterocycles. The van der Waals surface area contributed by atoms with Gasteiger partial charge in [-0.3, -0.25) is 9.63 Å². The number of carboxylic acid groups (broad SMARTS) is 1. The number of benzene rings is 1. The van der Waals surface area contributed by atoms with Crippen LogP contribution < -0.4 is 10.2 Å². The average molecular weight is 339 g/mol. The minimum Gasteiger partial charge on any atom is -0.483 e. The molecule has 1 aromatic rings. The molecule has 0 unspecified atom stereocenters. The maximum Gasteiger partial charge on any atom is 0.332 e. The number of aliphatic carboxylic acids is 1. The first-order chi connectivity index (χ1) is 8.49. The van der Waals surface area contributed by atoms with Crippen LogP contribution in [0.2, 0.25) is 5.02 Å². The Labute approximate surface area is 116 Å². The Morgan fingerprint density at radius 2 is 2.11 bits per heavy atom. The summed E-state index contributed by atoms with van der Waals surface area (Å²) in [7, 11) is 0. The van der Waals surface area contributed by atoms with Gasteiger partial charge in [-0.15, -0.1) is 0 Å². The molecule has 1 rings (SSSR count). The van der Waals surface area contributed by atoms with E-state index < -0.39 is 18.5 Å². The van der Waals surface area contributed by atoms with E-state index in [-0.39, 0.29) is 6.61 Å². The van der Waals surface area contributed by atoms with Gasteiger partial charge in [-0.05, 0) is 34.1 Å². The number of halogens is 2. The van der Waals surface area contributed by atoms with Gasteiger partial charge in [-0.1, -0.05) is 11.6 Å². The van der Waals surface area contributed by atoms with Crippen molar-refractivity contribution in [3.8, 4) is 5.75 Å². The lowest BCUT2D eigenvalue weighted by Crippen LogP contribution is -2.31. The highest BCUT2D eigenvalue weighted by Gasteiger charge is 2.07. The molecule has 0 saturated heterocycles. The van der Waals surface area contributed by atoms with Crippen LogP contribution in [0.5, 0.6) is 5.75 Å². The van der Waals surface area contributed by atoms with Crippen molar-refractivity contribution >= 4 is 39.4 Å². The van der Waals surface area contributed by atoms with Crippen LogP contribution in [0.4, 0.5) is 0 Å². The first-order valence-corrected chi connectivity index (χ1v) is 5.86. The van der Waals surface area contributed by atoms with Crippen LogP contribution in [0.3, 0.4) is 0 Å². The molecule has 1 amide bonds. The molecule has 0 spiro atoms. The van der Waals surface area contributed by atoms with E-state index in [0.29, 0.717) is 15.2 Å². The first kappa shape index (κ1) is 14.7. The minimum absolute atomic E-state index is 0.306. The standard InChI is InChI=1S/C10H9BrClNO5/c11-7-3-6(12)1-2-8(7)17-4-9(14)13-18-5-10(15)16/h1-3H,4-5H2,(H,13,14)(H,15,16). The highest BCUT2D eigenvalue weighted by atomic mass is 79.9. The largest absolute Gasteiger partial charge is 0.483 e. The van der Waals surface area contributed by atoms with E-state index in [9.17, 15) is 9.59 Å². The summed E-state index contributed by atoms with van der Waals surface area (Å²) in [4.78, 5) is 25.7. The van der Waals surface area contributed by atoms with Crippen molar-refractivity contribution in [3.05, 3.63) is 27.7 Å². The smallest absolute Gasteiger partial charge is 0.332 e. The third-order valence-electron chi connectivity index (χ3n) is 1.63. The number of hydroxylamine groups is 1. The number of ether oxygens (including phenoxy) is 1. The normalized spacial score (nSPS) is 9.89. The Morgan fingerprint density at radius 1 is 1.39 bits per heavy atom. The number of amides is 1. The second-order valence-electron chi connectivity index (χ2n) is 3.07. The molecule has 0 atom stereocenters. The summed E-state index contributed by atoms with van der Waals surface area (Å²) in [5.74, 6) is -1.34. The molecule has 0 aromatic heterocycles. The van der Waals surface area contributed by atoms with E-state index in [1.54, 1.807) is 18.2 Å². The molecule has 2 N–H and O–H groups in total. The number of rotatable bonds is 6. The molecule has 6 nitrogen and oxygen atoms in total. The van der Waals surface area contributed by atoms with E-state index in [1.165, 1.54) is 0 Å². The van der Waals surface area contributed by atoms with Gasteiger partial charge in [0.1, 0.15) is 5.75 Å². The van der Waals surface area contributed by atoms with Gasteiger partial charge in [0.15, 0.2) is 13.2 Å². The predicted molar refractivity (Wildman–Crippen MR) is 66.4 cm³/mol. The van der Waals surface area contributed by atoms with Gasteiger partial charge in [0.2, 0.25) is 0 Å². The lowest BCUT2D eigenvalue weighted by Gasteiger charge is -2.08. The Morgan fingerprint density at radius 3 is 2.72 bits per heavy atom. The van der Waals surface area contributed by atoms with Crippen molar-refractivity contribution in [3.63, 3.8) is 0 Å². The molecule has 1 aromatic carbocycles. The van der Waals surface area contributed by atoms with Gasteiger partial charge in [0.05, 0.1) is 4.47 Å². The molecule has 8 heteroatoms. The van der Waals surface area contributed by atoms with Crippen molar-refractivity contribution < 1.29 is 24.3 Å². The van der Waals surface area contributed by atoms with Gasteiger partial charge in [0.25, 0.3) is 5.91 Å². The number of carbonyl (C=O) groups excluding carboxylic acids is 1. The molecule has 18 heavy (non-hydrogen) atoms. The molecule has 98 valence electrons. The fraction of sp³-hybridized carbons (Fsp3) is 0.200. The van der Waals surface area contributed by atoms with Gasteiger partial charge >= 0.3 is 5.97 Å². The Balaban J connectivity index is 2.36. The number of nitrogens with one attached hydrogen (secondary N) is 1. The summed E-state index contributed by atoms with van der Waals surface area (Å²) in [6.45, 7) is -0.920. The quantitative estimate of drug-likeness (QED) is 0.770. The maximum atomic E-state index is 11.2. The molecular weight excluding hydrogens is 329 g/mol. The molecule has 0 radical (unpaired) electrons. The third-order valence-corrected chi connectivity index (χ3v) is 2.49. The lowest BCUT2D eigenvalue weighted by atomic mass is 10.3. The number of carbonyl (C=O) groups is 2. The van der Waals surface area contributed by atoms with Crippen molar-refractivity contribution in [1.82, 2.24) is 5.48 Å². The van der Waals surface area contributed by atoms with E-state index in [2.05, 4.69) is 20.8 Å². The summed E-state index contributed by atoms with van der Waals surface area (Å²) in [5, 5.41) is 8.80. The van der Waals surface area contributed by atoms with Crippen molar-refractivity contribution in [2.45, 2.75) is 0 Å². The lowest BCUT2D eigenvalue weighted by molar-refractivity contribution is -0.149. The topological polar surface area (TPSA) is 84.9 Å². The van der Waals surface area contributed by atoms with Crippen LogP contribution in [0.25, 0.3) is 0 Å². The van der Waals surface area contributed by atoms with Crippen LogP contribution in [0.15, 0.2) is 22.7 Å². The zero-order chi connectivity index (χ0) is 13.5. The van der Waals surface area contributed by atoms with Crippen LogP contribution in [-0.4, -0.2) is 30.2 Å². The molecular formula is C10H9BrClNO5. The monoisotopic (exact) mass is 337 g/mol. The van der Waals surface area contributed by atoms with Gasteiger partial charge in [-0.25, -0.2) is 10.3 Å². The van der Waals surface area contributed by atoms with E-state index in [4.69, 9.17) is 21.4 Å².